The Morgan fingerprint density at radius 3 is 3.00 bits per heavy atom. The maximum Gasteiger partial charge on any atom is 0.229 e. The van der Waals surface area contributed by atoms with Gasteiger partial charge in [0.25, 0.3) is 0 Å². The van der Waals surface area contributed by atoms with E-state index in [0.717, 1.165) is 5.52 Å². The van der Waals surface area contributed by atoms with Crippen molar-refractivity contribution in [1.82, 2.24) is 19.4 Å². The van der Waals surface area contributed by atoms with E-state index >= 15 is 0 Å². The van der Waals surface area contributed by atoms with Gasteiger partial charge in [0.15, 0.2) is 0 Å². The summed E-state index contributed by atoms with van der Waals surface area (Å²) in [4.78, 5) is 34.1. The maximum absolute atomic E-state index is 12.8. The molecule has 2 aromatic heterocycles. The minimum atomic E-state index is -0.339. The van der Waals surface area contributed by atoms with Gasteiger partial charge in [-0.1, -0.05) is 25.1 Å². The highest BCUT2D eigenvalue weighted by Crippen LogP contribution is 2.39. The standard InChI is InChI=1S/C20H21N5O2/c1-13(15-10-22-16-5-3-2-4-14(15)16)8-18(27)24-11-20(12-24)9-17(26)23-19-21-6-7-25(19)20/h2-7,10,13,22H,8-9,11-12H2,1H3,(H,21,23,26). The molecule has 1 atom stereocenters. The first-order chi connectivity index (χ1) is 13.1. The van der Waals surface area contributed by atoms with Gasteiger partial charge in [0, 0.05) is 49.0 Å². The summed E-state index contributed by atoms with van der Waals surface area (Å²) in [6, 6.07) is 8.15. The van der Waals surface area contributed by atoms with Crippen LogP contribution >= 0.6 is 0 Å². The second-order valence-corrected chi connectivity index (χ2v) is 7.71. The molecule has 1 spiro atoms. The van der Waals surface area contributed by atoms with Crippen molar-refractivity contribution in [1.29, 1.82) is 0 Å². The Morgan fingerprint density at radius 1 is 1.33 bits per heavy atom. The molecular formula is C20H21N5O2. The lowest BCUT2D eigenvalue weighted by molar-refractivity contribution is -0.145. The average molecular weight is 363 g/mol. The molecule has 1 fully saturated rings. The molecule has 2 aliphatic heterocycles. The Bertz CT molecular complexity index is 1040. The number of rotatable bonds is 3. The molecule has 1 aromatic carbocycles. The number of para-hydroxylation sites is 1. The van der Waals surface area contributed by atoms with E-state index in [1.54, 1.807) is 6.20 Å². The summed E-state index contributed by atoms with van der Waals surface area (Å²) in [5, 5.41) is 3.95. The monoisotopic (exact) mass is 363 g/mol. The van der Waals surface area contributed by atoms with Crippen LogP contribution in [0.25, 0.3) is 10.9 Å². The van der Waals surface area contributed by atoms with E-state index in [4.69, 9.17) is 0 Å². The lowest BCUT2D eigenvalue weighted by Gasteiger charge is -2.52. The molecule has 0 saturated carbocycles. The zero-order chi connectivity index (χ0) is 18.6. The Balaban J connectivity index is 1.29. The van der Waals surface area contributed by atoms with Crippen LogP contribution < -0.4 is 5.32 Å². The summed E-state index contributed by atoms with van der Waals surface area (Å²) >= 11 is 0. The molecule has 0 radical (unpaired) electrons. The van der Waals surface area contributed by atoms with Gasteiger partial charge in [-0.15, -0.1) is 0 Å². The molecule has 1 saturated heterocycles. The van der Waals surface area contributed by atoms with E-state index in [1.165, 1.54) is 10.9 Å². The largest absolute Gasteiger partial charge is 0.361 e. The third kappa shape index (κ3) is 2.45. The molecule has 0 bridgehead atoms. The van der Waals surface area contributed by atoms with Gasteiger partial charge in [-0.05, 0) is 17.5 Å². The van der Waals surface area contributed by atoms with Crippen LogP contribution in [0.1, 0.15) is 31.2 Å². The summed E-state index contributed by atoms with van der Waals surface area (Å²) in [7, 11) is 0. The highest BCUT2D eigenvalue weighted by atomic mass is 16.2. The van der Waals surface area contributed by atoms with Crippen LogP contribution in [0.2, 0.25) is 0 Å². The number of hydrogen-bond acceptors (Lipinski definition) is 3. The maximum atomic E-state index is 12.8. The van der Waals surface area contributed by atoms with Crippen molar-refractivity contribution >= 4 is 28.7 Å². The topological polar surface area (TPSA) is 83.0 Å². The minimum Gasteiger partial charge on any atom is -0.361 e. The van der Waals surface area contributed by atoms with Gasteiger partial charge in [0.1, 0.15) is 0 Å². The molecule has 3 aromatic rings. The summed E-state index contributed by atoms with van der Waals surface area (Å²) in [6.07, 6.45) is 6.42. The van der Waals surface area contributed by atoms with Gasteiger partial charge >= 0.3 is 0 Å². The van der Waals surface area contributed by atoms with Gasteiger partial charge < -0.3 is 14.5 Å². The quantitative estimate of drug-likeness (QED) is 0.750. The molecule has 2 amide bonds. The third-order valence-corrected chi connectivity index (χ3v) is 5.85. The summed E-state index contributed by atoms with van der Waals surface area (Å²) < 4.78 is 2.00. The number of carbonyl (C=O) groups is 2. The number of H-pyrrole nitrogens is 1. The zero-order valence-corrected chi connectivity index (χ0v) is 15.1. The van der Waals surface area contributed by atoms with Crippen LogP contribution in [-0.4, -0.2) is 44.3 Å². The van der Waals surface area contributed by atoms with Gasteiger partial charge in [0.05, 0.1) is 12.0 Å². The van der Waals surface area contributed by atoms with Crippen LogP contribution in [0.15, 0.2) is 42.9 Å². The normalized spacial score (nSPS) is 18.9. The van der Waals surface area contributed by atoms with E-state index in [1.807, 2.05) is 40.1 Å². The van der Waals surface area contributed by atoms with Crippen molar-refractivity contribution in [2.24, 2.45) is 0 Å². The first kappa shape index (κ1) is 16.1. The number of anilines is 1. The number of nitrogens with one attached hydrogen (secondary N) is 2. The van der Waals surface area contributed by atoms with Crippen molar-refractivity contribution in [2.75, 3.05) is 18.4 Å². The fourth-order valence-corrected chi connectivity index (χ4v) is 4.44. The molecule has 2 aliphatic rings. The lowest BCUT2D eigenvalue weighted by atomic mass is 9.83. The number of aromatic amines is 1. The Labute approximate surface area is 156 Å². The van der Waals surface area contributed by atoms with E-state index in [2.05, 4.69) is 28.3 Å². The number of imidazole rings is 1. The highest BCUT2D eigenvalue weighted by Gasteiger charge is 2.50. The van der Waals surface area contributed by atoms with Crippen LogP contribution in [0.4, 0.5) is 5.95 Å². The summed E-state index contributed by atoms with van der Waals surface area (Å²) in [5.41, 5.74) is 1.92. The smallest absolute Gasteiger partial charge is 0.229 e. The van der Waals surface area contributed by atoms with Crippen molar-refractivity contribution in [3.8, 4) is 0 Å². The van der Waals surface area contributed by atoms with E-state index in [-0.39, 0.29) is 23.3 Å². The molecule has 4 heterocycles. The van der Waals surface area contributed by atoms with Crippen LogP contribution in [0, 0.1) is 0 Å². The zero-order valence-electron chi connectivity index (χ0n) is 15.1. The number of carbonyl (C=O) groups excluding carboxylic acids is 2. The number of likely N-dealkylation sites (tertiary alicyclic amines) is 1. The van der Waals surface area contributed by atoms with Crippen LogP contribution in [0.5, 0.6) is 0 Å². The van der Waals surface area contributed by atoms with Crippen molar-refractivity contribution < 1.29 is 9.59 Å². The SMILES string of the molecule is CC(CC(=O)N1CC2(CC(=O)Nc3nccn32)C1)c1c[nH]c2ccccc12. The van der Waals surface area contributed by atoms with Crippen molar-refractivity contribution in [3.05, 3.63) is 48.4 Å². The molecule has 0 aliphatic carbocycles. The van der Waals surface area contributed by atoms with Gasteiger partial charge in [-0.2, -0.15) is 0 Å². The van der Waals surface area contributed by atoms with Gasteiger partial charge in [-0.25, -0.2) is 4.98 Å². The lowest BCUT2D eigenvalue weighted by Crippen LogP contribution is -2.66. The first-order valence-electron chi connectivity index (χ1n) is 9.23. The number of aromatic nitrogens is 3. The van der Waals surface area contributed by atoms with E-state index in [0.29, 0.717) is 31.9 Å². The summed E-state index contributed by atoms with van der Waals surface area (Å²) in [6.45, 7) is 3.21. The molecule has 2 N–H and O–H groups in total. The number of fused-ring (bicyclic) bond motifs is 3. The van der Waals surface area contributed by atoms with Crippen molar-refractivity contribution in [3.63, 3.8) is 0 Å². The second-order valence-electron chi connectivity index (χ2n) is 7.71. The Kier molecular flexibility index (Phi) is 3.40. The molecule has 1 unspecified atom stereocenters. The van der Waals surface area contributed by atoms with Crippen molar-refractivity contribution in [2.45, 2.75) is 31.2 Å². The van der Waals surface area contributed by atoms with Crippen LogP contribution in [-0.2, 0) is 15.1 Å². The van der Waals surface area contributed by atoms with E-state index in [9.17, 15) is 9.59 Å². The number of benzene rings is 1. The summed E-state index contributed by atoms with van der Waals surface area (Å²) in [5.74, 6) is 0.799. The molecule has 7 nitrogen and oxygen atoms in total. The predicted octanol–water partition coefficient (Wildman–Crippen LogP) is 2.44. The number of nitrogens with zero attached hydrogens (tertiary/aromatic N) is 3. The van der Waals surface area contributed by atoms with Crippen LogP contribution in [0.3, 0.4) is 0 Å². The third-order valence-electron chi connectivity index (χ3n) is 5.85. The molecule has 27 heavy (non-hydrogen) atoms. The Morgan fingerprint density at radius 2 is 2.15 bits per heavy atom. The number of amides is 2. The van der Waals surface area contributed by atoms with E-state index < -0.39 is 0 Å². The van der Waals surface area contributed by atoms with Gasteiger partial charge in [-0.3, -0.25) is 14.9 Å². The average Bonchev–Trinajstić information content (AvgIpc) is 3.25. The highest BCUT2D eigenvalue weighted by molar-refractivity contribution is 5.92. The molecule has 7 heteroatoms. The number of hydrogen-bond donors (Lipinski definition) is 2. The second kappa shape index (κ2) is 5.70. The molecule has 5 rings (SSSR count). The first-order valence-corrected chi connectivity index (χ1v) is 9.23. The van der Waals surface area contributed by atoms with Gasteiger partial charge in [0.2, 0.25) is 17.8 Å². The Hall–Kier alpha value is -3.09. The fourth-order valence-electron chi connectivity index (χ4n) is 4.44. The fraction of sp³-hybridized carbons (Fsp3) is 0.350. The predicted molar refractivity (Wildman–Crippen MR) is 101 cm³/mol. The molecule has 138 valence electrons. The molecular weight excluding hydrogens is 342 g/mol. The minimum absolute atomic E-state index is 0.0343.